The largest absolute Gasteiger partial charge is 0.389 e. The van der Waals surface area contributed by atoms with Gasteiger partial charge in [0, 0.05) is 11.7 Å². The van der Waals surface area contributed by atoms with E-state index in [2.05, 4.69) is 19.2 Å². The maximum atomic E-state index is 6.16. The van der Waals surface area contributed by atoms with E-state index in [1.54, 1.807) is 0 Å². The van der Waals surface area contributed by atoms with Crippen LogP contribution in [0.2, 0.25) is 5.02 Å². The van der Waals surface area contributed by atoms with Crippen LogP contribution in [0.4, 0.5) is 5.69 Å². The molecule has 0 aliphatic heterocycles. The lowest BCUT2D eigenvalue weighted by molar-refractivity contribution is 0.378. The number of hydrogen-bond donors (Lipinski definition) is 2. The highest BCUT2D eigenvalue weighted by Crippen LogP contribution is 2.39. The first-order valence-electron chi connectivity index (χ1n) is 6.24. The molecule has 0 aromatic heterocycles. The van der Waals surface area contributed by atoms with Gasteiger partial charge in [0.05, 0.1) is 10.6 Å². The maximum absolute atomic E-state index is 6.16. The van der Waals surface area contributed by atoms with E-state index in [0.29, 0.717) is 21.5 Å². The molecule has 2 nitrogen and oxygen atoms in total. The summed E-state index contributed by atoms with van der Waals surface area (Å²) in [7, 11) is 0. The first-order chi connectivity index (χ1) is 8.39. The van der Waals surface area contributed by atoms with Gasteiger partial charge in [-0.25, -0.2) is 0 Å². The molecule has 1 fully saturated rings. The summed E-state index contributed by atoms with van der Waals surface area (Å²) in [6.45, 7) is 4.61. The predicted molar refractivity (Wildman–Crippen MR) is 82.4 cm³/mol. The summed E-state index contributed by atoms with van der Waals surface area (Å²) >= 11 is 11.2. The quantitative estimate of drug-likeness (QED) is 0.824. The van der Waals surface area contributed by atoms with Crippen LogP contribution in [-0.2, 0) is 0 Å². The van der Waals surface area contributed by atoms with E-state index in [9.17, 15) is 0 Å². The normalized spacial score (nSPS) is 21.8. The van der Waals surface area contributed by atoms with Crippen LogP contribution in [0, 0.1) is 5.41 Å². The van der Waals surface area contributed by atoms with E-state index in [4.69, 9.17) is 29.6 Å². The molecule has 0 radical (unpaired) electrons. The third-order valence-electron chi connectivity index (χ3n) is 3.59. The minimum Gasteiger partial charge on any atom is -0.389 e. The molecule has 18 heavy (non-hydrogen) atoms. The second kappa shape index (κ2) is 5.06. The van der Waals surface area contributed by atoms with Gasteiger partial charge in [-0.3, -0.25) is 0 Å². The molecule has 0 saturated heterocycles. The molecule has 0 spiro atoms. The fourth-order valence-electron chi connectivity index (χ4n) is 2.67. The zero-order chi connectivity index (χ0) is 13.3. The number of anilines is 1. The van der Waals surface area contributed by atoms with E-state index in [0.717, 1.165) is 17.7 Å². The average molecular weight is 283 g/mol. The van der Waals surface area contributed by atoms with E-state index < -0.39 is 0 Å². The third kappa shape index (κ3) is 2.96. The summed E-state index contributed by atoms with van der Waals surface area (Å²) < 4.78 is 0. The van der Waals surface area contributed by atoms with E-state index in [1.807, 2.05) is 18.2 Å². The number of rotatable bonds is 3. The fourth-order valence-corrected chi connectivity index (χ4v) is 3.23. The van der Waals surface area contributed by atoms with Crippen molar-refractivity contribution >= 4 is 34.5 Å². The summed E-state index contributed by atoms with van der Waals surface area (Å²) in [4.78, 5) is 0.348. The Hall–Kier alpha value is -0.800. The van der Waals surface area contributed by atoms with E-state index >= 15 is 0 Å². The van der Waals surface area contributed by atoms with Crippen molar-refractivity contribution in [3.63, 3.8) is 0 Å². The van der Waals surface area contributed by atoms with Crippen molar-refractivity contribution in [1.82, 2.24) is 0 Å². The molecule has 0 bridgehead atoms. The van der Waals surface area contributed by atoms with Crippen LogP contribution in [0.3, 0.4) is 0 Å². The predicted octanol–water partition coefficient (Wildman–Crippen LogP) is 3.96. The van der Waals surface area contributed by atoms with Crippen molar-refractivity contribution in [3.05, 3.63) is 28.8 Å². The second-order valence-electron chi connectivity index (χ2n) is 5.77. The fraction of sp³-hybridized carbons (Fsp3) is 0.500. The molecular formula is C14H19ClN2S. The van der Waals surface area contributed by atoms with Crippen LogP contribution in [0.25, 0.3) is 0 Å². The Morgan fingerprint density at radius 3 is 2.78 bits per heavy atom. The standard InChI is InChI=1S/C14H19ClN2S/c1-14(2)7-6-9(8-14)17-11-5-3-4-10(15)12(11)13(16)18/h3-5,9,17H,6-8H2,1-2H3,(H2,16,18). The molecule has 1 aromatic rings. The lowest BCUT2D eigenvalue weighted by Gasteiger charge is -2.20. The minimum absolute atomic E-state index is 0.348. The maximum Gasteiger partial charge on any atom is 0.107 e. The summed E-state index contributed by atoms with van der Waals surface area (Å²) in [6.07, 6.45) is 3.58. The van der Waals surface area contributed by atoms with Crippen molar-refractivity contribution in [2.45, 2.75) is 39.2 Å². The molecule has 0 heterocycles. The van der Waals surface area contributed by atoms with Crippen LogP contribution in [-0.4, -0.2) is 11.0 Å². The highest BCUT2D eigenvalue weighted by molar-refractivity contribution is 7.80. The number of nitrogens with one attached hydrogen (secondary N) is 1. The molecule has 2 rings (SSSR count). The molecule has 4 heteroatoms. The van der Waals surface area contributed by atoms with Crippen LogP contribution in [0.5, 0.6) is 0 Å². The highest BCUT2D eigenvalue weighted by atomic mass is 35.5. The van der Waals surface area contributed by atoms with Gasteiger partial charge in [-0.1, -0.05) is 43.7 Å². The van der Waals surface area contributed by atoms with Crippen LogP contribution >= 0.6 is 23.8 Å². The Balaban J connectivity index is 2.20. The van der Waals surface area contributed by atoms with Crippen molar-refractivity contribution in [2.24, 2.45) is 11.1 Å². The Kier molecular flexibility index (Phi) is 3.83. The topological polar surface area (TPSA) is 38.0 Å². The van der Waals surface area contributed by atoms with Gasteiger partial charge in [-0.2, -0.15) is 0 Å². The van der Waals surface area contributed by atoms with Gasteiger partial charge in [-0.05, 0) is 36.8 Å². The lowest BCUT2D eigenvalue weighted by Crippen LogP contribution is -2.21. The van der Waals surface area contributed by atoms with Gasteiger partial charge >= 0.3 is 0 Å². The Morgan fingerprint density at radius 1 is 1.50 bits per heavy atom. The van der Waals surface area contributed by atoms with Gasteiger partial charge in [0.15, 0.2) is 0 Å². The molecule has 1 saturated carbocycles. The summed E-state index contributed by atoms with van der Waals surface area (Å²) in [5, 5.41) is 4.15. The molecule has 1 aromatic carbocycles. The first kappa shape index (κ1) is 13.6. The van der Waals surface area contributed by atoms with Crippen LogP contribution in [0.15, 0.2) is 18.2 Å². The van der Waals surface area contributed by atoms with Gasteiger partial charge in [0.1, 0.15) is 4.99 Å². The number of benzene rings is 1. The van der Waals surface area contributed by atoms with Gasteiger partial charge in [-0.15, -0.1) is 0 Å². The van der Waals surface area contributed by atoms with Crippen LogP contribution < -0.4 is 11.1 Å². The van der Waals surface area contributed by atoms with Crippen molar-refractivity contribution in [3.8, 4) is 0 Å². The highest BCUT2D eigenvalue weighted by Gasteiger charge is 2.31. The summed E-state index contributed by atoms with van der Waals surface area (Å²) in [5.41, 5.74) is 7.89. The molecule has 98 valence electrons. The molecule has 1 aliphatic carbocycles. The average Bonchev–Trinajstić information content (AvgIpc) is 2.57. The number of hydrogen-bond acceptors (Lipinski definition) is 2. The molecule has 1 unspecified atom stereocenters. The molecule has 1 atom stereocenters. The first-order valence-corrected chi connectivity index (χ1v) is 7.02. The Labute approximate surface area is 119 Å². The third-order valence-corrected chi connectivity index (χ3v) is 4.11. The van der Waals surface area contributed by atoms with Gasteiger partial charge in [0.25, 0.3) is 0 Å². The number of thiocarbonyl (C=S) groups is 1. The van der Waals surface area contributed by atoms with Crippen molar-refractivity contribution in [1.29, 1.82) is 0 Å². The SMILES string of the molecule is CC1(C)CCC(Nc2cccc(Cl)c2C(N)=S)C1. The monoisotopic (exact) mass is 282 g/mol. The Bertz CT molecular complexity index is 471. The summed E-state index contributed by atoms with van der Waals surface area (Å²) in [5.74, 6) is 0. The zero-order valence-electron chi connectivity index (χ0n) is 10.8. The van der Waals surface area contributed by atoms with Crippen molar-refractivity contribution in [2.75, 3.05) is 5.32 Å². The van der Waals surface area contributed by atoms with Gasteiger partial charge in [0.2, 0.25) is 0 Å². The molecular weight excluding hydrogens is 264 g/mol. The number of halogens is 1. The van der Waals surface area contributed by atoms with Gasteiger partial charge < -0.3 is 11.1 Å². The van der Waals surface area contributed by atoms with Crippen LogP contribution in [0.1, 0.15) is 38.7 Å². The van der Waals surface area contributed by atoms with Crippen molar-refractivity contribution < 1.29 is 0 Å². The zero-order valence-corrected chi connectivity index (χ0v) is 12.4. The number of nitrogens with two attached hydrogens (primary N) is 1. The molecule has 0 amide bonds. The Morgan fingerprint density at radius 2 is 2.22 bits per heavy atom. The van der Waals surface area contributed by atoms with E-state index in [-0.39, 0.29) is 0 Å². The molecule has 3 N–H and O–H groups in total. The minimum atomic E-state index is 0.348. The van der Waals surface area contributed by atoms with E-state index in [1.165, 1.54) is 12.8 Å². The second-order valence-corrected chi connectivity index (χ2v) is 6.62. The smallest absolute Gasteiger partial charge is 0.107 e. The lowest BCUT2D eigenvalue weighted by atomic mass is 9.92. The summed E-state index contributed by atoms with van der Waals surface area (Å²) in [6, 6.07) is 6.21. The molecule has 1 aliphatic rings.